The Kier molecular flexibility index (Phi) is 27.7. The molecule has 11 aromatic heterocycles. The van der Waals surface area contributed by atoms with Crippen molar-refractivity contribution in [2.24, 2.45) is 0 Å². The van der Waals surface area contributed by atoms with Gasteiger partial charge in [0.2, 0.25) is 11.7 Å². The first kappa shape index (κ1) is 103. The van der Waals surface area contributed by atoms with Gasteiger partial charge in [-0.05, 0) is 201 Å². The summed E-state index contributed by atoms with van der Waals surface area (Å²) in [6, 6.07) is 43.7. The lowest BCUT2D eigenvalue weighted by atomic mass is 9.86. The Morgan fingerprint density at radius 1 is 0.366 bits per heavy atom. The van der Waals surface area contributed by atoms with E-state index in [1.54, 1.807) is 142 Å². The van der Waals surface area contributed by atoms with Crippen LogP contribution in [0, 0.1) is 39.3 Å². The van der Waals surface area contributed by atoms with Crippen LogP contribution in [0.25, 0.3) is 89.4 Å². The zero-order valence-corrected chi connectivity index (χ0v) is 87.3. The zero-order chi connectivity index (χ0) is 105. The number of nitrogens with one attached hydrogen (secondary N) is 4. The Labute approximate surface area is 845 Å². The van der Waals surface area contributed by atoms with Gasteiger partial charge in [0.15, 0.2) is 45.4 Å². The maximum absolute atomic E-state index is 13.9. The Morgan fingerprint density at radius 2 is 0.683 bits per heavy atom. The van der Waals surface area contributed by atoms with Crippen molar-refractivity contribution in [1.29, 1.82) is 0 Å². The molecule has 0 radical (unpaired) electrons. The second-order valence-corrected chi connectivity index (χ2v) is 44.7. The van der Waals surface area contributed by atoms with E-state index < -0.39 is 22.2 Å². The van der Waals surface area contributed by atoms with Crippen LogP contribution in [0.3, 0.4) is 0 Å². The van der Waals surface area contributed by atoms with Crippen molar-refractivity contribution in [2.45, 2.75) is 210 Å². The highest BCUT2D eigenvalue weighted by Gasteiger charge is 2.47. The minimum absolute atomic E-state index is 0.119. The minimum Gasteiger partial charge on any atom is -0.449 e. The number of furan rings is 4. The minimum atomic E-state index is -0.943. The Bertz CT molecular complexity index is 7530. The average Bonchev–Trinajstić information content (AvgIpc) is 1.62. The predicted molar refractivity (Wildman–Crippen MR) is 551 cm³/mol. The van der Waals surface area contributed by atoms with Gasteiger partial charge in [-0.3, -0.25) is 53.7 Å². The molecular weight excluding hydrogens is 1860 g/mol. The molecule has 4 N–H and O–H groups in total. The fraction of sp³-hybridized carbons (Fsp3) is 0.387. The van der Waals surface area contributed by atoms with E-state index in [0.29, 0.717) is 161 Å². The molecule has 0 spiro atoms. The van der Waals surface area contributed by atoms with E-state index in [4.69, 9.17) is 49.2 Å². The number of aryl methyl sites for hydroxylation is 4. The number of benzene rings is 4. The SMILES string of the molecule is CC(C)(C)c1cc(-c2ccc(Cl)cc2)nc2cc(C(=O)N3CCN(C(=O)c4ccn[nH]4)CC3(C)C)oc12.Cc1cc(-c2cc(C(C)(C)C)c3oc(C(=O)N4CCN(C(=O)c5ccn[nH]5)CC4(C)C)cc3n2)ccc1F.Cc1ccc(-c2cc(C(C)(C)C)c3oc(C(=O)N4CCNC(=O)C4(C)C)cc3n2)cc1.Cc1nc(C(=O)N2CCN(C(=O)c3cc4nc(-c5ccc(F)c(C)c5)cc(C(C)(C)C)c4o3)C(C)(C)C2)n[nH]1. The predicted octanol–water partition coefficient (Wildman–Crippen LogP) is 20.4. The monoisotopic (exact) mass is 1990 g/mol. The molecule has 15 aromatic rings. The van der Waals surface area contributed by atoms with Crippen LogP contribution < -0.4 is 5.32 Å². The molecule has 19 rings (SSSR count). The lowest BCUT2D eigenvalue weighted by molar-refractivity contribution is -0.133. The second-order valence-electron chi connectivity index (χ2n) is 44.3. The number of halogens is 3. The second kappa shape index (κ2) is 39.0. The zero-order valence-electron chi connectivity index (χ0n) is 86.5. The van der Waals surface area contributed by atoms with Gasteiger partial charge in [-0.15, -0.1) is 5.10 Å². The molecule has 8 amide bonds. The van der Waals surface area contributed by atoms with Crippen LogP contribution in [0.4, 0.5) is 8.78 Å². The number of aromatic amines is 3. The smallest absolute Gasteiger partial charge is 0.293 e. The third-order valence-corrected chi connectivity index (χ3v) is 27.3. The van der Waals surface area contributed by atoms with Crippen LogP contribution in [0.5, 0.6) is 0 Å². The molecule has 34 heteroatoms. The maximum Gasteiger partial charge on any atom is 0.293 e. The number of hydrogen-bond acceptors (Lipinski definition) is 20. The number of nitrogens with zero attached hydrogens (tertiary/aromatic N) is 15. The van der Waals surface area contributed by atoms with Crippen molar-refractivity contribution in [3.8, 4) is 45.0 Å². The normalized spacial score (nSPS) is 15.9. The van der Waals surface area contributed by atoms with Gasteiger partial charge in [0.1, 0.15) is 56.5 Å². The van der Waals surface area contributed by atoms with Crippen molar-refractivity contribution in [3.63, 3.8) is 0 Å². The molecule has 0 unspecified atom stereocenters. The number of fused-ring (bicyclic) bond motifs is 4. The van der Waals surface area contributed by atoms with Gasteiger partial charge in [0.05, 0.1) is 39.4 Å². The van der Waals surface area contributed by atoms with E-state index in [1.807, 2.05) is 90.1 Å². The molecular formula is C111H124ClF2N19O12. The average molecular weight is 1990 g/mol. The molecule has 4 fully saturated rings. The molecule has 31 nitrogen and oxygen atoms in total. The maximum atomic E-state index is 13.9. The van der Waals surface area contributed by atoms with Crippen LogP contribution >= 0.6 is 11.6 Å². The van der Waals surface area contributed by atoms with Gasteiger partial charge in [-0.1, -0.05) is 137 Å². The molecule has 4 aliphatic rings. The van der Waals surface area contributed by atoms with Gasteiger partial charge in [-0.25, -0.2) is 33.7 Å². The number of H-pyrrole nitrogens is 3. The summed E-state index contributed by atoms with van der Waals surface area (Å²) in [5, 5.41) is 23.3. The molecule has 15 heterocycles. The number of pyridine rings is 4. The Hall–Kier alpha value is -14.9. The van der Waals surface area contributed by atoms with E-state index >= 15 is 0 Å². The molecule has 4 saturated heterocycles. The number of aromatic nitrogens is 11. The topological polar surface area (TPSA) is 374 Å². The molecule has 756 valence electrons. The van der Waals surface area contributed by atoms with Gasteiger partial charge < -0.3 is 57.3 Å². The molecule has 4 aromatic carbocycles. The molecule has 4 aliphatic heterocycles. The lowest BCUT2D eigenvalue weighted by Gasteiger charge is -2.46. The van der Waals surface area contributed by atoms with Crippen LogP contribution in [-0.4, -0.2) is 231 Å². The molecule has 145 heavy (non-hydrogen) atoms. The van der Waals surface area contributed by atoms with Crippen LogP contribution in [0.2, 0.25) is 5.02 Å². The molecule has 0 saturated carbocycles. The number of rotatable bonds is 11. The lowest BCUT2D eigenvalue weighted by Crippen LogP contribution is -2.63. The highest BCUT2D eigenvalue weighted by molar-refractivity contribution is 6.30. The fourth-order valence-corrected chi connectivity index (χ4v) is 19.0. The number of carbonyl (C=O) groups excluding carboxylic acids is 8. The summed E-state index contributed by atoms with van der Waals surface area (Å²) in [5.74, 6) is -0.765. The van der Waals surface area contributed by atoms with E-state index in [1.165, 1.54) is 17.7 Å². The van der Waals surface area contributed by atoms with Crippen LogP contribution in [-0.2, 0) is 26.5 Å². The van der Waals surface area contributed by atoms with E-state index in [-0.39, 0.29) is 109 Å². The van der Waals surface area contributed by atoms with Gasteiger partial charge in [0, 0.05) is 158 Å². The summed E-state index contributed by atoms with van der Waals surface area (Å²) in [5.41, 5.74) is 14.3. The quantitative estimate of drug-likeness (QED) is 0.0934. The highest BCUT2D eigenvalue weighted by Crippen LogP contribution is 2.43. The largest absolute Gasteiger partial charge is 0.449 e. The summed E-state index contributed by atoms with van der Waals surface area (Å²) in [7, 11) is 0. The Balaban J connectivity index is 0.000000139. The fourth-order valence-electron chi connectivity index (χ4n) is 18.9. The molecule has 0 bridgehead atoms. The van der Waals surface area contributed by atoms with E-state index in [2.05, 4.69) is 155 Å². The number of hydrogen-bond donors (Lipinski definition) is 4. The summed E-state index contributed by atoms with van der Waals surface area (Å²) in [4.78, 5) is 141. The van der Waals surface area contributed by atoms with Gasteiger partial charge >= 0.3 is 0 Å². The molecule has 0 aliphatic carbocycles. The molecule has 0 atom stereocenters. The van der Waals surface area contributed by atoms with Crippen LogP contribution in [0.15, 0.2) is 176 Å². The van der Waals surface area contributed by atoms with Crippen molar-refractivity contribution >= 4 is 103 Å². The number of amides is 8. The van der Waals surface area contributed by atoms with E-state index in [0.717, 1.165) is 55.9 Å². The summed E-state index contributed by atoms with van der Waals surface area (Å²) in [6.45, 7) is 51.6. The standard InChI is InChI=1S/C29H33FN6O3.C29H32FN5O3.C28H30ClN5O3.C25H29N3O3/c1-16-12-18(8-9-20(16)30)21-13-19(28(3,4)5)24-22(32-21)14-23(39-24)26(37)36-11-10-35(15-29(36,6)7)27(38)25-31-17(2)33-34-25;1-17-13-18(7-8-20(17)30)22-14-19(28(2,3)4)25-23(32-22)15-24(38-25)27(37)35-12-11-34(16-29(35,5)6)26(36)21-9-10-31-33-21;1-27(2,3)19-14-21(17-6-8-18(29)9-7-17)31-22-15-23(37-24(19)22)26(36)34-13-12-33(16-28(34,4)5)25(35)20-10-11-30-32-20;1-15-7-9-16(10-8-15)18-13-17(24(2,3)4)21-19(27-18)14-20(31-21)22(29)28-12-11-26-23(30)25(28,5)6/h8-9,12-14H,10-11,15H2,1-7H3,(H,31,33,34);7-10,13-15H,11-12,16H2,1-6H3,(H,31,33);6-11,14-15H,12-13,16H2,1-5H3,(H,30,32);7-10,13-14H,11-12H2,1-6H3,(H,26,30). The summed E-state index contributed by atoms with van der Waals surface area (Å²) in [6.07, 6.45) is 3.10. The van der Waals surface area contributed by atoms with Gasteiger partial charge in [-0.2, -0.15) is 10.2 Å². The third-order valence-electron chi connectivity index (χ3n) is 27.0. The van der Waals surface area contributed by atoms with Crippen molar-refractivity contribution in [1.82, 2.24) is 95.1 Å². The number of piperazine rings is 4. The third kappa shape index (κ3) is 21.4. The van der Waals surface area contributed by atoms with Crippen LogP contribution in [0.1, 0.15) is 257 Å². The first-order valence-electron chi connectivity index (χ1n) is 48.5. The summed E-state index contributed by atoms with van der Waals surface area (Å²) >= 11 is 6.08. The van der Waals surface area contributed by atoms with Crippen molar-refractivity contribution in [3.05, 3.63) is 260 Å². The van der Waals surface area contributed by atoms with Crippen molar-refractivity contribution in [2.75, 3.05) is 72.0 Å². The highest BCUT2D eigenvalue weighted by atomic mass is 35.5. The first-order valence-corrected chi connectivity index (χ1v) is 48.9. The number of carbonyl (C=O) groups is 8. The first-order chi connectivity index (χ1) is 68.0. The Morgan fingerprint density at radius 3 is 0.986 bits per heavy atom. The summed E-state index contributed by atoms with van der Waals surface area (Å²) < 4.78 is 52.5. The van der Waals surface area contributed by atoms with Gasteiger partial charge in [0.25, 0.3) is 41.4 Å². The van der Waals surface area contributed by atoms with Crippen molar-refractivity contribution < 1.29 is 64.8 Å². The van der Waals surface area contributed by atoms with E-state index in [9.17, 15) is 47.1 Å².